The van der Waals surface area contributed by atoms with E-state index in [1.54, 1.807) is 0 Å². The highest BCUT2D eigenvalue weighted by atomic mass is 16.5. The Kier molecular flexibility index (Phi) is 10.6. The zero-order valence-electron chi connectivity index (χ0n) is 23.0. The Morgan fingerprint density at radius 1 is 0.667 bits per heavy atom. The summed E-state index contributed by atoms with van der Waals surface area (Å²) in [4.78, 5) is 4.54. The van der Waals surface area contributed by atoms with Gasteiger partial charge in [0.25, 0.3) is 0 Å². The van der Waals surface area contributed by atoms with E-state index in [-0.39, 0.29) is 13.2 Å². The SMILES string of the molecule is Cc1ccc(C(C)C)cc1OCC(O)CN1CCN(CC(O)COc2cc(C(C)C)ccc2C)CC1. The van der Waals surface area contributed by atoms with Crippen molar-refractivity contribution in [2.24, 2.45) is 0 Å². The second-order valence-corrected chi connectivity index (χ2v) is 10.9. The molecule has 2 atom stereocenters. The van der Waals surface area contributed by atoms with Crippen molar-refractivity contribution in [3.63, 3.8) is 0 Å². The van der Waals surface area contributed by atoms with Crippen LogP contribution in [0.25, 0.3) is 0 Å². The van der Waals surface area contributed by atoms with Crippen molar-refractivity contribution >= 4 is 0 Å². The number of piperazine rings is 1. The molecular weight excluding hydrogens is 452 g/mol. The van der Waals surface area contributed by atoms with Gasteiger partial charge in [0.15, 0.2) is 0 Å². The van der Waals surface area contributed by atoms with Crippen molar-refractivity contribution in [2.45, 2.75) is 65.6 Å². The number of aryl methyl sites for hydroxylation is 2. The minimum absolute atomic E-state index is 0.288. The highest BCUT2D eigenvalue weighted by molar-refractivity contribution is 5.38. The van der Waals surface area contributed by atoms with Crippen LogP contribution in [0.15, 0.2) is 36.4 Å². The molecule has 36 heavy (non-hydrogen) atoms. The molecule has 0 aliphatic carbocycles. The Morgan fingerprint density at radius 2 is 1.03 bits per heavy atom. The van der Waals surface area contributed by atoms with E-state index in [2.05, 4.69) is 73.9 Å². The summed E-state index contributed by atoms with van der Waals surface area (Å²) in [5.74, 6) is 2.60. The molecule has 1 aliphatic heterocycles. The third-order valence-corrected chi connectivity index (χ3v) is 7.02. The average molecular weight is 499 g/mol. The van der Waals surface area contributed by atoms with Crippen molar-refractivity contribution in [1.82, 2.24) is 9.80 Å². The van der Waals surface area contributed by atoms with Crippen LogP contribution in [0.1, 0.15) is 61.8 Å². The van der Waals surface area contributed by atoms with Gasteiger partial charge in [-0.2, -0.15) is 0 Å². The molecule has 3 rings (SSSR count). The van der Waals surface area contributed by atoms with Gasteiger partial charge in [-0.05, 0) is 60.1 Å². The number of aliphatic hydroxyl groups excluding tert-OH is 2. The van der Waals surface area contributed by atoms with Crippen LogP contribution in [-0.4, -0.2) is 84.7 Å². The molecule has 0 spiro atoms. The fourth-order valence-corrected chi connectivity index (χ4v) is 4.49. The summed E-state index contributed by atoms with van der Waals surface area (Å²) < 4.78 is 11.9. The summed E-state index contributed by atoms with van der Waals surface area (Å²) in [5, 5.41) is 21.1. The molecule has 2 aromatic rings. The lowest BCUT2D eigenvalue weighted by Gasteiger charge is -2.36. The Hall–Kier alpha value is -2.12. The normalized spacial score (nSPS) is 16.9. The quantitative estimate of drug-likeness (QED) is 0.454. The zero-order valence-corrected chi connectivity index (χ0v) is 23.0. The van der Waals surface area contributed by atoms with Gasteiger partial charge in [-0.3, -0.25) is 9.80 Å². The Balaban J connectivity index is 1.37. The number of benzene rings is 2. The minimum Gasteiger partial charge on any atom is -0.491 e. The molecule has 2 N–H and O–H groups in total. The highest BCUT2D eigenvalue weighted by Gasteiger charge is 2.22. The molecule has 0 bridgehead atoms. The van der Waals surface area contributed by atoms with E-state index in [1.807, 2.05) is 13.8 Å². The number of hydrogen-bond donors (Lipinski definition) is 2. The molecule has 6 nitrogen and oxygen atoms in total. The maximum Gasteiger partial charge on any atom is 0.122 e. The molecule has 2 unspecified atom stereocenters. The number of nitrogens with zero attached hydrogens (tertiary/aromatic N) is 2. The predicted molar refractivity (Wildman–Crippen MR) is 146 cm³/mol. The first-order valence-corrected chi connectivity index (χ1v) is 13.4. The van der Waals surface area contributed by atoms with Gasteiger partial charge in [0.2, 0.25) is 0 Å². The summed E-state index contributed by atoms with van der Waals surface area (Å²) >= 11 is 0. The van der Waals surface area contributed by atoms with Gasteiger partial charge in [0.1, 0.15) is 36.9 Å². The van der Waals surface area contributed by atoms with Gasteiger partial charge >= 0.3 is 0 Å². The first-order chi connectivity index (χ1) is 17.1. The molecule has 1 fully saturated rings. The molecule has 1 aliphatic rings. The van der Waals surface area contributed by atoms with Crippen LogP contribution in [0.3, 0.4) is 0 Å². The van der Waals surface area contributed by atoms with E-state index in [4.69, 9.17) is 9.47 Å². The maximum absolute atomic E-state index is 10.6. The number of β-amino-alcohol motifs (C(OH)–C–C–N with tert-alkyl or cyclic N) is 2. The Morgan fingerprint density at radius 3 is 1.36 bits per heavy atom. The summed E-state index contributed by atoms with van der Waals surface area (Å²) in [5.41, 5.74) is 4.66. The van der Waals surface area contributed by atoms with Gasteiger partial charge in [0, 0.05) is 39.3 Å². The van der Waals surface area contributed by atoms with Crippen LogP contribution in [0.5, 0.6) is 11.5 Å². The molecule has 2 aromatic carbocycles. The summed E-state index contributed by atoms with van der Waals surface area (Å²) in [6.07, 6.45) is -1.08. The van der Waals surface area contributed by atoms with Crippen molar-refractivity contribution in [3.05, 3.63) is 58.7 Å². The van der Waals surface area contributed by atoms with E-state index in [0.29, 0.717) is 24.9 Å². The van der Waals surface area contributed by atoms with Crippen LogP contribution in [0.4, 0.5) is 0 Å². The molecule has 200 valence electrons. The summed E-state index contributed by atoms with van der Waals surface area (Å²) in [6, 6.07) is 12.6. The van der Waals surface area contributed by atoms with Crippen molar-refractivity contribution in [1.29, 1.82) is 0 Å². The lowest BCUT2D eigenvalue weighted by Crippen LogP contribution is -2.51. The number of aliphatic hydroxyl groups is 2. The third-order valence-electron chi connectivity index (χ3n) is 7.02. The monoisotopic (exact) mass is 498 g/mol. The number of hydrogen-bond acceptors (Lipinski definition) is 6. The Labute approximate surface area is 217 Å². The largest absolute Gasteiger partial charge is 0.491 e. The second-order valence-electron chi connectivity index (χ2n) is 10.9. The smallest absolute Gasteiger partial charge is 0.122 e. The number of ether oxygens (including phenoxy) is 2. The molecule has 6 heteroatoms. The highest BCUT2D eigenvalue weighted by Crippen LogP contribution is 2.25. The fourth-order valence-electron chi connectivity index (χ4n) is 4.49. The standard InChI is InChI=1S/C30H46N2O4/c1-21(2)25-9-7-23(5)29(15-25)35-19-27(33)17-31-11-13-32(14-12-31)18-28(34)20-36-30-16-26(22(3)4)10-8-24(30)6/h7-10,15-16,21-22,27-28,33-34H,11-14,17-20H2,1-6H3. The molecular formula is C30H46N2O4. The number of rotatable bonds is 12. The van der Waals surface area contributed by atoms with Gasteiger partial charge in [-0.25, -0.2) is 0 Å². The molecule has 0 amide bonds. The van der Waals surface area contributed by atoms with E-state index in [1.165, 1.54) is 11.1 Å². The first-order valence-electron chi connectivity index (χ1n) is 13.4. The fraction of sp³-hybridized carbons (Fsp3) is 0.600. The van der Waals surface area contributed by atoms with Crippen LogP contribution in [0, 0.1) is 13.8 Å². The summed E-state index contributed by atoms with van der Waals surface area (Å²) in [7, 11) is 0. The van der Waals surface area contributed by atoms with E-state index in [0.717, 1.165) is 48.8 Å². The van der Waals surface area contributed by atoms with Crippen LogP contribution in [0.2, 0.25) is 0 Å². The van der Waals surface area contributed by atoms with Crippen molar-refractivity contribution < 1.29 is 19.7 Å². The molecule has 0 aromatic heterocycles. The topological polar surface area (TPSA) is 65.4 Å². The van der Waals surface area contributed by atoms with E-state index in [9.17, 15) is 10.2 Å². The van der Waals surface area contributed by atoms with Crippen LogP contribution < -0.4 is 9.47 Å². The molecule has 1 saturated heterocycles. The second kappa shape index (κ2) is 13.4. The van der Waals surface area contributed by atoms with Crippen LogP contribution >= 0.6 is 0 Å². The third kappa shape index (κ3) is 8.48. The zero-order chi connectivity index (χ0) is 26.2. The first kappa shape index (κ1) is 28.5. The van der Waals surface area contributed by atoms with Gasteiger partial charge in [-0.1, -0.05) is 52.0 Å². The minimum atomic E-state index is -0.539. The van der Waals surface area contributed by atoms with Crippen molar-refractivity contribution in [2.75, 3.05) is 52.5 Å². The van der Waals surface area contributed by atoms with Crippen molar-refractivity contribution in [3.8, 4) is 11.5 Å². The average Bonchev–Trinajstić information content (AvgIpc) is 2.84. The summed E-state index contributed by atoms with van der Waals surface area (Å²) in [6.45, 7) is 18.0. The molecule has 0 radical (unpaired) electrons. The predicted octanol–water partition coefficient (Wildman–Crippen LogP) is 4.35. The molecule has 1 heterocycles. The lowest BCUT2D eigenvalue weighted by molar-refractivity contribution is 0.0239. The van der Waals surface area contributed by atoms with E-state index >= 15 is 0 Å². The van der Waals surface area contributed by atoms with Gasteiger partial charge in [0.05, 0.1) is 0 Å². The van der Waals surface area contributed by atoms with E-state index < -0.39 is 12.2 Å². The van der Waals surface area contributed by atoms with Gasteiger partial charge < -0.3 is 19.7 Å². The maximum atomic E-state index is 10.6. The van der Waals surface area contributed by atoms with Crippen LogP contribution in [-0.2, 0) is 0 Å². The molecule has 0 saturated carbocycles. The lowest BCUT2D eigenvalue weighted by atomic mass is 10.0. The van der Waals surface area contributed by atoms with Gasteiger partial charge in [-0.15, -0.1) is 0 Å². The Bertz CT molecular complexity index is 876.